The summed E-state index contributed by atoms with van der Waals surface area (Å²) in [5.41, 5.74) is 0. The molecule has 1 heterocycles. The molecule has 2 N–H and O–H groups in total. The molecule has 0 aromatic carbocycles. The summed E-state index contributed by atoms with van der Waals surface area (Å²) in [6.07, 6.45) is -1.14. The molecule has 0 unspecified atom stereocenters. The lowest BCUT2D eigenvalue weighted by molar-refractivity contribution is -0.0466. The van der Waals surface area contributed by atoms with Gasteiger partial charge in [-0.05, 0) is 0 Å². The van der Waals surface area contributed by atoms with Gasteiger partial charge in [0.25, 0.3) is 0 Å². The summed E-state index contributed by atoms with van der Waals surface area (Å²) in [7, 11) is 0. The highest BCUT2D eigenvalue weighted by Gasteiger charge is 2.18. The third-order valence-corrected chi connectivity index (χ3v) is 0.961. The predicted octanol–water partition coefficient (Wildman–Crippen LogP) is -1.39. The van der Waals surface area contributed by atoms with Crippen LogP contribution in [0.4, 0.5) is 0 Å². The van der Waals surface area contributed by atoms with Crippen LogP contribution >= 0.6 is 0 Å². The van der Waals surface area contributed by atoms with Crippen LogP contribution in [0.2, 0.25) is 0 Å². The van der Waals surface area contributed by atoms with Gasteiger partial charge in [-0.2, -0.15) is 0 Å². The average Bonchev–Trinajstić information content (AvgIpc) is 2.17. The maximum Gasteiger partial charge on any atom is 0.164 e. The van der Waals surface area contributed by atoms with Crippen LogP contribution in [0.1, 0.15) is 0 Å². The van der Waals surface area contributed by atoms with Crippen molar-refractivity contribution in [1.82, 2.24) is 4.90 Å². The molecule has 0 aromatic heterocycles. The first-order valence-electron chi connectivity index (χ1n) is 2.37. The zero-order valence-electron chi connectivity index (χ0n) is 4.04. The molecule has 0 amide bonds. The number of hydrogen-bond donors (Lipinski definition) is 2. The molecule has 0 aromatic rings. The van der Waals surface area contributed by atoms with Gasteiger partial charge in [0.15, 0.2) is 6.29 Å². The summed E-state index contributed by atoms with van der Waals surface area (Å²) < 4.78 is 0. The zero-order valence-corrected chi connectivity index (χ0v) is 4.04. The molecule has 0 radical (unpaired) electrons. The number of β-amino-alcohol motifs (C(OH)–C–C–N with tert-alkyl or cyclic N) is 2. The first-order valence-corrected chi connectivity index (χ1v) is 2.37. The van der Waals surface area contributed by atoms with Crippen molar-refractivity contribution < 1.29 is 10.2 Å². The summed E-state index contributed by atoms with van der Waals surface area (Å²) >= 11 is 0. The Balaban J connectivity index is 1.97. The molecule has 0 atom stereocenters. The maximum atomic E-state index is 8.28. The molecule has 1 aliphatic heterocycles. The van der Waals surface area contributed by atoms with E-state index in [2.05, 4.69) is 0 Å². The van der Waals surface area contributed by atoms with Crippen LogP contribution in [0, 0.1) is 0 Å². The molecule has 1 aliphatic rings. The van der Waals surface area contributed by atoms with E-state index in [1.54, 1.807) is 0 Å². The topological polar surface area (TPSA) is 43.5 Å². The van der Waals surface area contributed by atoms with Crippen molar-refractivity contribution in [2.45, 2.75) is 6.29 Å². The SMILES string of the molecule is OC(O)CN1CC1. The molecule has 1 fully saturated rings. The Morgan fingerprint density at radius 3 is 2.14 bits per heavy atom. The third-order valence-electron chi connectivity index (χ3n) is 0.961. The third kappa shape index (κ3) is 1.87. The van der Waals surface area contributed by atoms with Gasteiger partial charge in [-0.15, -0.1) is 0 Å². The molecule has 1 rings (SSSR count). The second kappa shape index (κ2) is 1.78. The Morgan fingerprint density at radius 1 is 1.43 bits per heavy atom. The minimum atomic E-state index is -1.14. The van der Waals surface area contributed by atoms with Crippen LogP contribution in [0.3, 0.4) is 0 Å². The number of aliphatic hydroxyl groups excluding tert-OH is 1. The van der Waals surface area contributed by atoms with E-state index < -0.39 is 6.29 Å². The summed E-state index contributed by atoms with van der Waals surface area (Å²) in [5, 5.41) is 16.6. The standard InChI is InChI=1S/C4H9NO2/c6-4(7)3-5-1-2-5/h4,6-7H,1-3H2. The van der Waals surface area contributed by atoms with Crippen molar-refractivity contribution in [1.29, 1.82) is 0 Å². The molecule has 0 saturated carbocycles. The summed E-state index contributed by atoms with van der Waals surface area (Å²) in [4.78, 5) is 1.95. The quantitative estimate of drug-likeness (QED) is 0.334. The van der Waals surface area contributed by atoms with E-state index in [4.69, 9.17) is 10.2 Å². The highest BCUT2D eigenvalue weighted by atomic mass is 16.5. The van der Waals surface area contributed by atoms with Gasteiger partial charge < -0.3 is 10.2 Å². The molecule has 7 heavy (non-hydrogen) atoms. The summed E-state index contributed by atoms with van der Waals surface area (Å²) in [5.74, 6) is 0. The monoisotopic (exact) mass is 103 g/mol. The van der Waals surface area contributed by atoms with E-state index in [1.807, 2.05) is 4.90 Å². The van der Waals surface area contributed by atoms with Gasteiger partial charge in [0.1, 0.15) is 0 Å². The minimum absolute atomic E-state index is 0.417. The number of hydrogen-bond acceptors (Lipinski definition) is 3. The van der Waals surface area contributed by atoms with Crippen molar-refractivity contribution in [2.75, 3.05) is 19.6 Å². The van der Waals surface area contributed by atoms with E-state index in [0.717, 1.165) is 13.1 Å². The fourth-order valence-corrected chi connectivity index (χ4v) is 0.484. The first kappa shape index (κ1) is 5.03. The Kier molecular flexibility index (Phi) is 1.27. The Labute approximate surface area is 42.2 Å². The number of aliphatic hydroxyl groups is 2. The lowest BCUT2D eigenvalue weighted by Gasteiger charge is -1.99. The second-order valence-corrected chi connectivity index (χ2v) is 1.78. The smallest absolute Gasteiger partial charge is 0.164 e. The number of rotatable bonds is 2. The molecule has 42 valence electrons. The van der Waals surface area contributed by atoms with Crippen LogP contribution < -0.4 is 0 Å². The van der Waals surface area contributed by atoms with Crippen molar-refractivity contribution >= 4 is 0 Å². The predicted molar refractivity (Wildman–Crippen MR) is 24.7 cm³/mol. The van der Waals surface area contributed by atoms with E-state index >= 15 is 0 Å². The van der Waals surface area contributed by atoms with Gasteiger partial charge in [0.2, 0.25) is 0 Å². The molecule has 3 heteroatoms. The van der Waals surface area contributed by atoms with Gasteiger partial charge in [-0.25, -0.2) is 0 Å². The lowest BCUT2D eigenvalue weighted by Crippen LogP contribution is -2.17. The number of nitrogens with zero attached hydrogens (tertiary/aromatic N) is 1. The Hall–Kier alpha value is -0.120. The van der Waals surface area contributed by atoms with Crippen LogP contribution in [0.25, 0.3) is 0 Å². The fourth-order valence-electron chi connectivity index (χ4n) is 0.484. The zero-order chi connectivity index (χ0) is 5.28. The Bertz CT molecular complexity index is 60.7. The molecular weight excluding hydrogens is 94.0 g/mol. The van der Waals surface area contributed by atoms with Crippen LogP contribution in [0.5, 0.6) is 0 Å². The first-order chi connectivity index (χ1) is 3.29. The van der Waals surface area contributed by atoms with Gasteiger partial charge in [0, 0.05) is 19.6 Å². The van der Waals surface area contributed by atoms with E-state index in [9.17, 15) is 0 Å². The van der Waals surface area contributed by atoms with E-state index in [0.29, 0.717) is 6.54 Å². The van der Waals surface area contributed by atoms with Gasteiger partial charge in [-0.1, -0.05) is 0 Å². The van der Waals surface area contributed by atoms with E-state index in [1.165, 1.54) is 0 Å². The van der Waals surface area contributed by atoms with Crippen molar-refractivity contribution in [2.24, 2.45) is 0 Å². The molecular formula is C4H9NO2. The van der Waals surface area contributed by atoms with Crippen molar-refractivity contribution in [3.8, 4) is 0 Å². The van der Waals surface area contributed by atoms with Crippen LogP contribution in [-0.4, -0.2) is 41.0 Å². The van der Waals surface area contributed by atoms with Gasteiger partial charge in [0.05, 0.1) is 0 Å². The van der Waals surface area contributed by atoms with Gasteiger partial charge >= 0.3 is 0 Å². The lowest BCUT2D eigenvalue weighted by atomic mass is 10.6. The molecule has 0 bridgehead atoms. The van der Waals surface area contributed by atoms with Crippen LogP contribution in [0.15, 0.2) is 0 Å². The normalized spacial score (nSPS) is 21.0. The van der Waals surface area contributed by atoms with Gasteiger partial charge in [-0.3, -0.25) is 4.90 Å². The molecule has 0 spiro atoms. The average molecular weight is 103 g/mol. The Morgan fingerprint density at radius 2 is 2.00 bits per heavy atom. The fraction of sp³-hybridized carbons (Fsp3) is 1.00. The second-order valence-electron chi connectivity index (χ2n) is 1.78. The molecule has 3 nitrogen and oxygen atoms in total. The van der Waals surface area contributed by atoms with Crippen LogP contribution in [-0.2, 0) is 0 Å². The maximum absolute atomic E-state index is 8.28. The highest BCUT2D eigenvalue weighted by Crippen LogP contribution is 2.01. The minimum Gasteiger partial charge on any atom is -0.367 e. The van der Waals surface area contributed by atoms with E-state index in [-0.39, 0.29) is 0 Å². The summed E-state index contributed by atoms with van der Waals surface area (Å²) in [6.45, 7) is 2.47. The van der Waals surface area contributed by atoms with Crippen molar-refractivity contribution in [3.63, 3.8) is 0 Å². The molecule has 1 saturated heterocycles. The summed E-state index contributed by atoms with van der Waals surface area (Å²) in [6, 6.07) is 0. The highest BCUT2D eigenvalue weighted by molar-refractivity contribution is 4.71. The largest absolute Gasteiger partial charge is 0.367 e. The molecule has 0 aliphatic carbocycles. The van der Waals surface area contributed by atoms with Crippen molar-refractivity contribution in [3.05, 3.63) is 0 Å².